The number of piperazine rings is 1. The Kier molecular flexibility index (Phi) is 5.26. The first-order valence-electron chi connectivity index (χ1n) is 7.57. The summed E-state index contributed by atoms with van der Waals surface area (Å²) in [5, 5.41) is 0. The van der Waals surface area contributed by atoms with Gasteiger partial charge in [0.05, 0.1) is 6.61 Å². The summed E-state index contributed by atoms with van der Waals surface area (Å²) in [5.74, 6) is 0.966. The molecule has 4 heteroatoms. The molecule has 20 heavy (non-hydrogen) atoms. The lowest BCUT2D eigenvalue weighted by atomic mass is 10.1. The fourth-order valence-electron chi connectivity index (χ4n) is 2.85. The molecule has 2 N–H and O–H groups in total. The van der Waals surface area contributed by atoms with Crippen LogP contribution in [0, 0.1) is 0 Å². The third-order valence-electron chi connectivity index (χ3n) is 4.11. The van der Waals surface area contributed by atoms with E-state index < -0.39 is 0 Å². The molecule has 1 saturated heterocycles. The lowest BCUT2D eigenvalue weighted by Gasteiger charge is -2.39. The van der Waals surface area contributed by atoms with Gasteiger partial charge in [-0.05, 0) is 38.6 Å². The maximum atomic E-state index is 5.92. The van der Waals surface area contributed by atoms with Crippen LogP contribution in [-0.4, -0.2) is 49.1 Å². The Hall–Kier alpha value is -1.26. The second kappa shape index (κ2) is 6.95. The zero-order chi connectivity index (χ0) is 14.5. The van der Waals surface area contributed by atoms with Gasteiger partial charge in [-0.1, -0.05) is 6.92 Å². The molecule has 1 aliphatic heterocycles. The number of nitrogens with zero attached hydrogens (tertiary/aromatic N) is 2. The van der Waals surface area contributed by atoms with Crippen molar-refractivity contribution in [1.82, 2.24) is 9.80 Å². The summed E-state index contributed by atoms with van der Waals surface area (Å²) >= 11 is 0. The molecule has 0 saturated carbocycles. The molecule has 112 valence electrons. The van der Waals surface area contributed by atoms with Crippen molar-refractivity contribution in [2.24, 2.45) is 0 Å². The van der Waals surface area contributed by atoms with E-state index in [0.717, 1.165) is 37.6 Å². The van der Waals surface area contributed by atoms with Gasteiger partial charge in [0.2, 0.25) is 0 Å². The summed E-state index contributed by atoms with van der Waals surface area (Å²) in [6.07, 6.45) is 1.20. The number of ether oxygens (including phenoxy) is 1. The van der Waals surface area contributed by atoms with E-state index in [4.69, 9.17) is 10.5 Å². The molecule has 1 heterocycles. The van der Waals surface area contributed by atoms with Crippen molar-refractivity contribution in [3.05, 3.63) is 23.8 Å². The van der Waals surface area contributed by atoms with Crippen molar-refractivity contribution >= 4 is 5.69 Å². The average molecular weight is 277 g/mol. The first kappa shape index (κ1) is 15.1. The number of hydrogen-bond acceptors (Lipinski definition) is 4. The van der Waals surface area contributed by atoms with Crippen LogP contribution in [0.3, 0.4) is 0 Å². The van der Waals surface area contributed by atoms with Crippen molar-refractivity contribution in [2.75, 3.05) is 39.0 Å². The fraction of sp³-hybridized carbons (Fsp3) is 0.625. The van der Waals surface area contributed by atoms with Gasteiger partial charge in [0.25, 0.3) is 0 Å². The second-order valence-electron chi connectivity index (χ2n) is 5.58. The molecular formula is C16H27N3O. The minimum Gasteiger partial charge on any atom is -0.494 e. The lowest BCUT2D eigenvalue weighted by molar-refractivity contribution is 0.0877. The van der Waals surface area contributed by atoms with Crippen molar-refractivity contribution in [1.29, 1.82) is 0 Å². The highest BCUT2D eigenvalue weighted by atomic mass is 16.5. The van der Waals surface area contributed by atoms with Gasteiger partial charge in [-0.3, -0.25) is 4.90 Å². The number of hydrogen-bond donors (Lipinski definition) is 1. The van der Waals surface area contributed by atoms with E-state index in [0.29, 0.717) is 12.6 Å². The molecule has 1 aromatic carbocycles. The molecule has 1 unspecified atom stereocenters. The van der Waals surface area contributed by atoms with Gasteiger partial charge in [-0.2, -0.15) is 0 Å². The zero-order valence-electron chi connectivity index (χ0n) is 12.9. The topological polar surface area (TPSA) is 41.7 Å². The fourth-order valence-corrected chi connectivity index (χ4v) is 2.85. The standard InChI is InChI=1S/C16H27N3O/c1-4-15-12-19(9-8-18(15)3)11-13-10-14(17)6-7-16(13)20-5-2/h6-7,10,15H,4-5,8-9,11-12,17H2,1-3H3. The first-order chi connectivity index (χ1) is 9.63. The van der Waals surface area contributed by atoms with Crippen LogP contribution in [0.15, 0.2) is 18.2 Å². The van der Waals surface area contributed by atoms with E-state index >= 15 is 0 Å². The van der Waals surface area contributed by atoms with Gasteiger partial charge in [0.1, 0.15) is 5.75 Å². The van der Waals surface area contributed by atoms with Crippen LogP contribution in [0.4, 0.5) is 5.69 Å². The minimum atomic E-state index is 0.653. The van der Waals surface area contributed by atoms with Gasteiger partial charge >= 0.3 is 0 Å². The molecule has 0 aromatic heterocycles. The Morgan fingerprint density at radius 3 is 2.80 bits per heavy atom. The van der Waals surface area contributed by atoms with Crippen molar-refractivity contribution < 1.29 is 4.74 Å². The van der Waals surface area contributed by atoms with Crippen LogP contribution in [0.25, 0.3) is 0 Å². The smallest absolute Gasteiger partial charge is 0.123 e. The Morgan fingerprint density at radius 2 is 2.10 bits per heavy atom. The molecule has 1 fully saturated rings. The van der Waals surface area contributed by atoms with E-state index in [2.05, 4.69) is 23.8 Å². The summed E-state index contributed by atoms with van der Waals surface area (Å²) in [7, 11) is 2.22. The first-order valence-corrected chi connectivity index (χ1v) is 7.57. The predicted octanol–water partition coefficient (Wildman–Crippen LogP) is 2.19. The molecule has 1 atom stereocenters. The number of benzene rings is 1. The second-order valence-corrected chi connectivity index (χ2v) is 5.58. The van der Waals surface area contributed by atoms with Crippen LogP contribution >= 0.6 is 0 Å². The van der Waals surface area contributed by atoms with E-state index in [-0.39, 0.29) is 0 Å². The number of nitrogens with two attached hydrogens (primary N) is 1. The summed E-state index contributed by atoms with van der Waals surface area (Å²) in [4.78, 5) is 4.96. The van der Waals surface area contributed by atoms with Gasteiger partial charge in [0.15, 0.2) is 0 Å². The van der Waals surface area contributed by atoms with Crippen LogP contribution < -0.4 is 10.5 Å². The van der Waals surface area contributed by atoms with Crippen molar-refractivity contribution in [2.45, 2.75) is 32.9 Å². The monoisotopic (exact) mass is 277 g/mol. The van der Waals surface area contributed by atoms with Crippen LogP contribution in [0.5, 0.6) is 5.75 Å². The van der Waals surface area contributed by atoms with Crippen molar-refractivity contribution in [3.8, 4) is 5.75 Å². The molecular weight excluding hydrogens is 250 g/mol. The van der Waals surface area contributed by atoms with E-state index in [1.54, 1.807) is 0 Å². The molecule has 1 aromatic rings. The van der Waals surface area contributed by atoms with Crippen LogP contribution in [0.2, 0.25) is 0 Å². The Bertz CT molecular complexity index is 436. The van der Waals surface area contributed by atoms with Gasteiger partial charge in [-0.15, -0.1) is 0 Å². The quantitative estimate of drug-likeness (QED) is 0.838. The highest BCUT2D eigenvalue weighted by Gasteiger charge is 2.23. The molecule has 0 amide bonds. The summed E-state index contributed by atoms with van der Waals surface area (Å²) in [6, 6.07) is 6.60. The molecule has 0 radical (unpaired) electrons. The van der Waals surface area contributed by atoms with Gasteiger partial charge in [-0.25, -0.2) is 0 Å². The van der Waals surface area contributed by atoms with Crippen molar-refractivity contribution in [3.63, 3.8) is 0 Å². The van der Waals surface area contributed by atoms with Crippen LogP contribution in [-0.2, 0) is 6.54 Å². The highest BCUT2D eigenvalue weighted by molar-refractivity contribution is 5.47. The predicted molar refractivity (Wildman–Crippen MR) is 84.0 cm³/mol. The lowest BCUT2D eigenvalue weighted by Crippen LogP contribution is -2.50. The highest BCUT2D eigenvalue weighted by Crippen LogP contribution is 2.24. The Labute approximate surface area is 122 Å². The maximum Gasteiger partial charge on any atom is 0.123 e. The largest absolute Gasteiger partial charge is 0.494 e. The third-order valence-corrected chi connectivity index (χ3v) is 4.11. The average Bonchev–Trinajstić information content (AvgIpc) is 2.44. The molecule has 0 aliphatic carbocycles. The number of nitrogen functional groups attached to an aromatic ring is 1. The Morgan fingerprint density at radius 1 is 1.30 bits per heavy atom. The van der Waals surface area contributed by atoms with E-state index in [9.17, 15) is 0 Å². The summed E-state index contributed by atoms with van der Waals surface area (Å²) in [6.45, 7) is 9.24. The molecule has 0 bridgehead atoms. The normalized spacial score (nSPS) is 21.1. The number of anilines is 1. The van der Waals surface area contributed by atoms with E-state index in [1.807, 2.05) is 25.1 Å². The van der Waals surface area contributed by atoms with E-state index in [1.165, 1.54) is 12.0 Å². The summed E-state index contributed by atoms with van der Waals surface area (Å²) < 4.78 is 5.72. The maximum absolute atomic E-state index is 5.92. The number of rotatable bonds is 5. The SMILES string of the molecule is CCOc1ccc(N)cc1CN1CCN(C)C(CC)C1. The third kappa shape index (κ3) is 3.64. The molecule has 0 spiro atoms. The molecule has 2 rings (SSSR count). The van der Waals surface area contributed by atoms with Crippen LogP contribution in [0.1, 0.15) is 25.8 Å². The van der Waals surface area contributed by atoms with Gasteiger partial charge < -0.3 is 15.4 Å². The summed E-state index contributed by atoms with van der Waals surface area (Å²) in [5.41, 5.74) is 7.93. The van der Waals surface area contributed by atoms with Gasteiger partial charge in [0, 0.05) is 43.5 Å². The number of likely N-dealkylation sites (N-methyl/N-ethyl adjacent to an activating group) is 1. The molecule has 1 aliphatic rings. The Balaban J connectivity index is 2.07. The zero-order valence-corrected chi connectivity index (χ0v) is 12.9. The molecule has 4 nitrogen and oxygen atoms in total. The minimum absolute atomic E-state index is 0.653.